The number of rotatable bonds is 4. The lowest BCUT2D eigenvalue weighted by Crippen LogP contribution is -2.35. The molecule has 0 aliphatic heterocycles. The minimum atomic E-state index is -0.815. The molecule has 2 unspecified atom stereocenters. The van der Waals surface area contributed by atoms with Crippen LogP contribution in [0.25, 0.3) is 0 Å². The summed E-state index contributed by atoms with van der Waals surface area (Å²) in [5, 5.41) is 11.7. The van der Waals surface area contributed by atoms with E-state index in [-0.39, 0.29) is 6.04 Å². The van der Waals surface area contributed by atoms with Crippen LogP contribution in [0.2, 0.25) is 0 Å². The Hall–Kier alpha value is -0.870. The maximum Gasteiger partial charge on any atom is 0.320 e. The summed E-state index contributed by atoms with van der Waals surface area (Å²) >= 11 is 1.69. The van der Waals surface area contributed by atoms with Gasteiger partial charge >= 0.3 is 5.97 Å². The minimum Gasteiger partial charge on any atom is -0.480 e. The molecule has 0 spiro atoms. The summed E-state index contributed by atoms with van der Waals surface area (Å²) in [4.78, 5) is 13.0. The van der Waals surface area contributed by atoms with Crippen LogP contribution in [0.4, 0.5) is 0 Å². The fourth-order valence-corrected chi connectivity index (χ4v) is 2.10. The molecule has 0 aromatic carbocycles. The van der Waals surface area contributed by atoms with E-state index in [1.807, 2.05) is 26.0 Å². The zero-order valence-corrected chi connectivity index (χ0v) is 9.39. The number of thiophene rings is 1. The van der Waals surface area contributed by atoms with Gasteiger partial charge in [0.2, 0.25) is 0 Å². The Labute approximate surface area is 87.8 Å². The SMILES string of the molecule is Cc1ccc(C(C)NC(C)C(=O)O)s1. The van der Waals surface area contributed by atoms with Crippen LogP contribution in [0, 0.1) is 6.92 Å². The van der Waals surface area contributed by atoms with Gasteiger partial charge in [-0.3, -0.25) is 10.1 Å². The average Bonchev–Trinajstić information content (AvgIpc) is 2.51. The Morgan fingerprint density at radius 3 is 2.57 bits per heavy atom. The lowest BCUT2D eigenvalue weighted by atomic mass is 10.2. The molecule has 1 rings (SSSR count). The van der Waals surface area contributed by atoms with Gasteiger partial charge in [-0.15, -0.1) is 11.3 Å². The van der Waals surface area contributed by atoms with Crippen molar-refractivity contribution in [3.63, 3.8) is 0 Å². The van der Waals surface area contributed by atoms with Gasteiger partial charge in [-0.25, -0.2) is 0 Å². The van der Waals surface area contributed by atoms with Gasteiger partial charge < -0.3 is 5.11 Å². The number of aliphatic carboxylic acids is 1. The summed E-state index contributed by atoms with van der Waals surface area (Å²) in [7, 11) is 0. The van der Waals surface area contributed by atoms with Crippen molar-refractivity contribution < 1.29 is 9.90 Å². The molecule has 0 aliphatic carbocycles. The molecule has 4 heteroatoms. The predicted octanol–water partition coefficient (Wildman–Crippen LogP) is 2.18. The quantitative estimate of drug-likeness (QED) is 0.806. The Morgan fingerprint density at radius 1 is 1.50 bits per heavy atom. The fourth-order valence-electron chi connectivity index (χ4n) is 1.21. The highest BCUT2D eigenvalue weighted by atomic mass is 32.1. The second-order valence-corrected chi connectivity index (χ2v) is 4.72. The third kappa shape index (κ3) is 2.82. The fraction of sp³-hybridized carbons (Fsp3) is 0.500. The molecule has 2 atom stereocenters. The molecule has 0 bridgehead atoms. The molecular formula is C10H15NO2S. The van der Waals surface area contributed by atoms with Gasteiger partial charge in [0, 0.05) is 15.8 Å². The maximum absolute atomic E-state index is 10.6. The number of aryl methyl sites for hydroxylation is 1. The van der Waals surface area contributed by atoms with Gasteiger partial charge in [0.05, 0.1) is 0 Å². The molecule has 1 heterocycles. The van der Waals surface area contributed by atoms with Crippen molar-refractivity contribution in [2.24, 2.45) is 0 Å². The lowest BCUT2D eigenvalue weighted by molar-refractivity contribution is -0.139. The summed E-state index contributed by atoms with van der Waals surface area (Å²) < 4.78 is 0. The standard InChI is InChI=1S/C10H15NO2S/c1-6-4-5-9(14-6)7(2)11-8(3)10(12)13/h4-5,7-8,11H,1-3H3,(H,12,13). The number of carboxylic acids is 1. The van der Waals surface area contributed by atoms with Gasteiger partial charge in [0.1, 0.15) is 6.04 Å². The van der Waals surface area contributed by atoms with Crippen LogP contribution in [0.5, 0.6) is 0 Å². The summed E-state index contributed by atoms with van der Waals surface area (Å²) in [5.41, 5.74) is 0. The van der Waals surface area contributed by atoms with Crippen molar-refractivity contribution in [3.8, 4) is 0 Å². The van der Waals surface area contributed by atoms with E-state index >= 15 is 0 Å². The zero-order valence-electron chi connectivity index (χ0n) is 8.57. The molecular weight excluding hydrogens is 198 g/mol. The second kappa shape index (κ2) is 4.57. The highest BCUT2D eigenvalue weighted by Gasteiger charge is 2.15. The van der Waals surface area contributed by atoms with Crippen molar-refractivity contribution in [2.75, 3.05) is 0 Å². The van der Waals surface area contributed by atoms with Crippen molar-refractivity contribution in [2.45, 2.75) is 32.9 Å². The second-order valence-electron chi connectivity index (χ2n) is 3.40. The number of carboxylic acid groups (broad SMARTS) is 1. The van der Waals surface area contributed by atoms with E-state index in [0.717, 1.165) is 0 Å². The van der Waals surface area contributed by atoms with Crippen LogP contribution < -0.4 is 5.32 Å². The highest BCUT2D eigenvalue weighted by molar-refractivity contribution is 7.12. The molecule has 1 aromatic heterocycles. The lowest BCUT2D eigenvalue weighted by Gasteiger charge is -2.15. The zero-order chi connectivity index (χ0) is 10.7. The first-order chi connectivity index (χ1) is 6.50. The smallest absolute Gasteiger partial charge is 0.320 e. The topological polar surface area (TPSA) is 49.3 Å². The third-order valence-corrected chi connectivity index (χ3v) is 3.24. The minimum absolute atomic E-state index is 0.0970. The van der Waals surface area contributed by atoms with E-state index in [1.165, 1.54) is 9.75 Å². The predicted molar refractivity (Wildman–Crippen MR) is 57.7 cm³/mol. The van der Waals surface area contributed by atoms with Gasteiger partial charge in [-0.05, 0) is 32.9 Å². The van der Waals surface area contributed by atoms with Crippen molar-refractivity contribution in [1.29, 1.82) is 0 Å². The van der Waals surface area contributed by atoms with Gasteiger partial charge in [-0.1, -0.05) is 0 Å². The Morgan fingerprint density at radius 2 is 2.14 bits per heavy atom. The molecule has 14 heavy (non-hydrogen) atoms. The number of hydrogen-bond donors (Lipinski definition) is 2. The van der Waals surface area contributed by atoms with Crippen LogP contribution >= 0.6 is 11.3 Å². The third-order valence-electron chi connectivity index (χ3n) is 2.06. The van der Waals surface area contributed by atoms with E-state index in [9.17, 15) is 4.79 Å². The first-order valence-electron chi connectivity index (χ1n) is 4.56. The summed E-state index contributed by atoms with van der Waals surface area (Å²) in [5.74, 6) is -0.815. The molecule has 2 N–H and O–H groups in total. The van der Waals surface area contributed by atoms with E-state index in [1.54, 1.807) is 18.3 Å². The maximum atomic E-state index is 10.6. The molecule has 0 saturated carbocycles. The summed E-state index contributed by atoms with van der Waals surface area (Å²) in [6, 6.07) is 3.67. The first kappa shape index (κ1) is 11.2. The molecule has 0 fully saturated rings. The van der Waals surface area contributed by atoms with Gasteiger partial charge in [-0.2, -0.15) is 0 Å². The first-order valence-corrected chi connectivity index (χ1v) is 5.37. The summed E-state index contributed by atoms with van der Waals surface area (Å²) in [6.07, 6.45) is 0. The molecule has 0 radical (unpaired) electrons. The van der Waals surface area contributed by atoms with Gasteiger partial charge in [0.25, 0.3) is 0 Å². The molecule has 3 nitrogen and oxygen atoms in total. The van der Waals surface area contributed by atoms with Crippen LogP contribution in [0.3, 0.4) is 0 Å². The van der Waals surface area contributed by atoms with Crippen LogP contribution in [-0.4, -0.2) is 17.1 Å². The summed E-state index contributed by atoms with van der Waals surface area (Å²) in [6.45, 7) is 5.67. The van der Waals surface area contributed by atoms with Crippen LogP contribution in [0.1, 0.15) is 29.6 Å². The Balaban J connectivity index is 2.58. The van der Waals surface area contributed by atoms with E-state index < -0.39 is 12.0 Å². The van der Waals surface area contributed by atoms with Crippen LogP contribution in [-0.2, 0) is 4.79 Å². The van der Waals surface area contributed by atoms with Crippen molar-refractivity contribution in [1.82, 2.24) is 5.32 Å². The Bertz CT molecular complexity index is 322. The van der Waals surface area contributed by atoms with Crippen molar-refractivity contribution >= 4 is 17.3 Å². The van der Waals surface area contributed by atoms with Crippen molar-refractivity contribution in [3.05, 3.63) is 21.9 Å². The van der Waals surface area contributed by atoms with E-state index in [2.05, 4.69) is 5.32 Å². The number of carbonyl (C=O) groups is 1. The monoisotopic (exact) mass is 213 g/mol. The molecule has 0 amide bonds. The molecule has 0 aliphatic rings. The molecule has 78 valence electrons. The van der Waals surface area contributed by atoms with E-state index in [4.69, 9.17) is 5.11 Å². The number of hydrogen-bond acceptors (Lipinski definition) is 3. The normalized spacial score (nSPS) is 15.1. The molecule has 0 saturated heterocycles. The molecule has 1 aromatic rings. The number of nitrogens with one attached hydrogen (secondary N) is 1. The van der Waals surface area contributed by atoms with E-state index in [0.29, 0.717) is 0 Å². The highest BCUT2D eigenvalue weighted by Crippen LogP contribution is 2.22. The largest absolute Gasteiger partial charge is 0.480 e. The van der Waals surface area contributed by atoms with Gasteiger partial charge in [0.15, 0.2) is 0 Å². The Kier molecular flexibility index (Phi) is 3.66. The average molecular weight is 213 g/mol. The van der Waals surface area contributed by atoms with Crippen LogP contribution in [0.15, 0.2) is 12.1 Å².